The molecule has 0 unspecified atom stereocenters. The number of non-ortho nitro benzene ring substituents is 1. The number of carbonyl (C=O) groups is 1. The summed E-state index contributed by atoms with van der Waals surface area (Å²) in [4.78, 5) is 21.3. The fourth-order valence-electron chi connectivity index (χ4n) is 1.02. The van der Waals surface area contributed by atoms with Crippen molar-refractivity contribution in [3.63, 3.8) is 0 Å². The summed E-state index contributed by atoms with van der Waals surface area (Å²) in [6, 6.07) is 5.32. The zero-order chi connectivity index (χ0) is 12.0. The van der Waals surface area contributed by atoms with Gasteiger partial charge in [0.05, 0.1) is 17.1 Å². The van der Waals surface area contributed by atoms with E-state index in [1.807, 2.05) is 0 Å². The Hall–Kier alpha value is -1.43. The van der Waals surface area contributed by atoms with Crippen LogP contribution >= 0.6 is 15.9 Å². The van der Waals surface area contributed by atoms with Gasteiger partial charge in [0.25, 0.3) is 5.69 Å². The van der Waals surface area contributed by atoms with Crippen LogP contribution in [0.4, 0.5) is 5.69 Å². The monoisotopic (exact) mass is 287 g/mol. The number of nitro groups is 1. The minimum Gasteiger partial charge on any atom is -0.462 e. The predicted molar refractivity (Wildman–Crippen MR) is 61.8 cm³/mol. The van der Waals surface area contributed by atoms with E-state index < -0.39 is 10.9 Å². The van der Waals surface area contributed by atoms with Gasteiger partial charge in [-0.2, -0.15) is 0 Å². The van der Waals surface area contributed by atoms with Crippen molar-refractivity contribution in [3.8, 4) is 0 Å². The van der Waals surface area contributed by atoms with Gasteiger partial charge in [0.1, 0.15) is 0 Å². The van der Waals surface area contributed by atoms with Gasteiger partial charge in [0.15, 0.2) is 0 Å². The van der Waals surface area contributed by atoms with Crippen LogP contribution in [0.3, 0.4) is 0 Å². The van der Waals surface area contributed by atoms with Gasteiger partial charge in [0, 0.05) is 17.5 Å². The Morgan fingerprint density at radius 2 is 2.00 bits per heavy atom. The molecule has 0 spiro atoms. The van der Waals surface area contributed by atoms with Crippen molar-refractivity contribution in [1.29, 1.82) is 0 Å². The SMILES string of the molecule is O=C(OCCCBr)c1ccc([N+](=O)[O-])cc1. The number of halogens is 1. The molecule has 0 aromatic heterocycles. The second kappa shape index (κ2) is 6.22. The summed E-state index contributed by atoms with van der Waals surface area (Å²) < 4.78 is 4.93. The average molecular weight is 288 g/mol. The maximum atomic E-state index is 11.4. The summed E-state index contributed by atoms with van der Waals surface area (Å²) >= 11 is 3.21. The van der Waals surface area contributed by atoms with Crippen LogP contribution in [-0.4, -0.2) is 22.8 Å². The lowest BCUT2D eigenvalue weighted by atomic mass is 10.2. The first-order valence-electron chi connectivity index (χ1n) is 4.62. The summed E-state index contributed by atoms with van der Waals surface area (Å²) in [5.74, 6) is -0.462. The van der Waals surface area contributed by atoms with Crippen molar-refractivity contribution < 1.29 is 14.5 Å². The molecule has 0 aliphatic carbocycles. The van der Waals surface area contributed by atoms with E-state index in [0.29, 0.717) is 12.2 Å². The molecule has 0 aliphatic rings. The quantitative estimate of drug-likeness (QED) is 0.274. The number of esters is 1. The Morgan fingerprint density at radius 3 is 2.50 bits per heavy atom. The third-order valence-electron chi connectivity index (χ3n) is 1.82. The Bertz CT molecular complexity index is 377. The first-order valence-corrected chi connectivity index (χ1v) is 5.75. The van der Waals surface area contributed by atoms with Gasteiger partial charge in [-0.3, -0.25) is 10.1 Å². The molecule has 5 nitrogen and oxygen atoms in total. The van der Waals surface area contributed by atoms with Crippen LogP contribution in [0.5, 0.6) is 0 Å². The fourth-order valence-corrected chi connectivity index (χ4v) is 1.25. The van der Waals surface area contributed by atoms with E-state index in [9.17, 15) is 14.9 Å². The number of hydrogen-bond acceptors (Lipinski definition) is 4. The van der Waals surface area contributed by atoms with Crippen molar-refractivity contribution in [3.05, 3.63) is 39.9 Å². The molecule has 1 aromatic rings. The Balaban J connectivity index is 2.59. The predicted octanol–water partition coefficient (Wildman–Crippen LogP) is 2.54. The highest BCUT2D eigenvalue weighted by atomic mass is 79.9. The summed E-state index contributed by atoms with van der Waals surface area (Å²) in [5, 5.41) is 11.1. The number of nitro benzene ring substituents is 1. The van der Waals surface area contributed by atoms with Crippen LogP contribution in [0.2, 0.25) is 0 Å². The first-order chi connectivity index (χ1) is 7.65. The number of hydrogen-bond donors (Lipinski definition) is 0. The largest absolute Gasteiger partial charge is 0.462 e. The molecule has 86 valence electrons. The van der Waals surface area contributed by atoms with Gasteiger partial charge < -0.3 is 4.74 Å². The van der Waals surface area contributed by atoms with E-state index in [2.05, 4.69) is 15.9 Å². The van der Waals surface area contributed by atoms with Gasteiger partial charge in [-0.1, -0.05) is 15.9 Å². The van der Waals surface area contributed by atoms with Crippen molar-refractivity contribution in [2.45, 2.75) is 6.42 Å². The lowest BCUT2D eigenvalue weighted by Crippen LogP contribution is -2.06. The zero-order valence-electron chi connectivity index (χ0n) is 8.39. The third kappa shape index (κ3) is 3.62. The second-order valence-electron chi connectivity index (χ2n) is 2.98. The van der Waals surface area contributed by atoms with Crippen LogP contribution in [0.25, 0.3) is 0 Å². The molecule has 0 amide bonds. The Labute approximate surface area is 101 Å². The van der Waals surface area contributed by atoms with Crippen molar-refractivity contribution in [2.24, 2.45) is 0 Å². The molecule has 0 fully saturated rings. The average Bonchev–Trinajstić information content (AvgIpc) is 2.29. The molecule has 0 aliphatic heterocycles. The van der Waals surface area contributed by atoms with Crippen LogP contribution in [0, 0.1) is 10.1 Å². The zero-order valence-corrected chi connectivity index (χ0v) is 9.97. The molecule has 0 atom stereocenters. The van der Waals surface area contributed by atoms with Gasteiger partial charge in [0.2, 0.25) is 0 Å². The van der Waals surface area contributed by atoms with Gasteiger partial charge >= 0.3 is 5.97 Å². The minimum atomic E-state index is -0.514. The number of nitrogens with zero attached hydrogens (tertiary/aromatic N) is 1. The number of benzene rings is 1. The van der Waals surface area contributed by atoms with E-state index in [4.69, 9.17) is 4.74 Å². The molecule has 0 saturated heterocycles. The highest BCUT2D eigenvalue weighted by molar-refractivity contribution is 9.09. The van der Waals surface area contributed by atoms with Crippen LogP contribution < -0.4 is 0 Å². The summed E-state index contributed by atoms with van der Waals surface area (Å²) in [7, 11) is 0. The number of ether oxygens (including phenoxy) is 1. The van der Waals surface area contributed by atoms with Crippen LogP contribution in [-0.2, 0) is 4.74 Å². The van der Waals surface area contributed by atoms with Crippen LogP contribution in [0.15, 0.2) is 24.3 Å². The third-order valence-corrected chi connectivity index (χ3v) is 2.39. The van der Waals surface area contributed by atoms with Gasteiger partial charge in [-0.05, 0) is 18.6 Å². The summed E-state index contributed by atoms with van der Waals surface area (Å²) in [6.07, 6.45) is 0.735. The lowest BCUT2D eigenvalue weighted by molar-refractivity contribution is -0.384. The second-order valence-corrected chi connectivity index (χ2v) is 3.78. The molecule has 0 saturated carbocycles. The smallest absolute Gasteiger partial charge is 0.338 e. The molecule has 0 bridgehead atoms. The van der Waals surface area contributed by atoms with Gasteiger partial charge in [-0.15, -0.1) is 0 Å². The molecule has 0 heterocycles. The molecule has 0 radical (unpaired) electrons. The van der Waals surface area contributed by atoms with Gasteiger partial charge in [-0.25, -0.2) is 4.79 Å². The highest BCUT2D eigenvalue weighted by Crippen LogP contribution is 2.12. The van der Waals surface area contributed by atoms with E-state index in [1.54, 1.807) is 0 Å². The number of carbonyl (C=O) groups excluding carboxylic acids is 1. The molecule has 1 rings (SSSR count). The van der Waals surface area contributed by atoms with E-state index >= 15 is 0 Å². The first kappa shape index (κ1) is 12.6. The van der Waals surface area contributed by atoms with Crippen molar-refractivity contribution >= 4 is 27.6 Å². The molecule has 16 heavy (non-hydrogen) atoms. The van der Waals surface area contributed by atoms with E-state index in [0.717, 1.165) is 11.8 Å². The topological polar surface area (TPSA) is 69.4 Å². The fraction of sp³-hybridized carbons (Fsp3) is 0.300. The number of alkyl halides is 1. The molecule has 6 heteroatoms. The van der Waals surface area contributed by atoms with E-state index in [1.165, 1.54) is 24.3 Å². The normalized spacial score (nSPS) is 9.81. The molecular formula is C10H10BrNO4. The maximum Gasteiger partial charge on any atom is 0.338 e. The maximum absolute atomic E-state index is 11.4. The standard InChI is InChI=1S/C10H10BrNO4/c11-6-1-7-16-10(13)8-2-4-9(5-3-8)12(14)15/h2-5H,1,6-7H2. The molecule has 1 aromatic carbocycles. The van der Waals surface area contributed by atoms with Crippen molar-refractivity contribution in [2.75, 3.05) is 11.9 Å². The van der Waals surface area contributed by atoms with E-state index in [-0.39, 0.29) is 5.69 Å². The number of rotatable bonds is 5. The summed E-state index contributed by atoms with van der Waals surface area (Å²) in [6.45, 7) is 0.334. The minimum absolute atomic E-state index is 0.0444. The Morgan fingerprint density at radius 1 is 1.38 bits per heavy atom. The molecule has 0 N–H and O–H groups in total. The molecular weight excluding hydrogens is 278 g/mol. The highest BCUT2D eigenvalue weighted by Gasteiger charge is 2.09. The lowest BCUT2D eigenvalue weighted by Gasteiger charge is -2.02. The van der Waals surface area contributed by atoms with Crippen molar-refractivity contribution in [1.82, 2.24) is 0 Å². The Kier molecular flexibility index (Phi) is 4.91. The summed E-state index contributed by atoms with van der Waals surface area (Å²) in [5.41, 5.74) is 0.275. The van der Waals surface area contributed by atoms with Crippen LogP contribution in [0.1, 0.15) is 16.8 Å².